The van der Waals surface area contributed by atoms with E-state index in [2.05, 4.69) is 63.7 Å². The monoisotopic (exact) mass is 424 g/mol. The van der Waals surface area contributed by atoms with Crippen LogP contribution >= 0.6 is 63.7 Å². The van der Waals surface area contributed by atoms with Crippen LogP contribution in [0.4, 0.5) is 0 Å². The molecule has 0 unspecified atom stereocenters. The van der Waals surface area contributed by atoms with Crippen molar-refractivity contribution in [2.75, 3.05) is 0 Å². The Labute approximate surface area is 108 Å². The van der Waals surface area contributed by atoms with Gasteiger partial charge in [0.1, 0.15) is 0 Å². The van der Waals surface area contributed by atoms with Crippen molar-refractivity contribution in [1.29, 1.82) is 0 Å². The first-order valence-electron chi connectivity index (χ1n) is 4.17. The molecule has 0 amide bonds. The molecule has 1 aliphatic rings. The molecule has 72 valence electrons. The normalized spacial score (nSPS) is 45.0. The van der Waals surface area contributed by atoms with E-state index in [4.69, 9.17) is 0 Å². The molecule has 12 heavy (non-hydrogen) atoms. The topological polar surface area (TPSA) is 0 Å². The zero-order chi connectivity index (χ0) is 9.14. The molecule has 1 saturated carbocycles. The zero-order valence-corrected chi connectivity index (χ0v) is 13.0. The number of rotatable bonds is 0. The maximum absolute atomic E-state index is 3.70. The van der Waals surface area contributed by atoms with Crippen molar-refractivity contribution in [2.45, 2.75) is 45.0 Å². The fourth-order valence-corrected chi connectivity index (χ4v) is 3.47. The number of hydrogen-bond acceptors (Lipinski definition) is 0. The highest BCUT2D eigenvalue weighted by molar-refractivity contribution is 9.12. The molecular formula is C8H12Br4. The predicted octanol–water partition coefficient (Wildman–Crippen LogP) is 4.61. The van der Waals surface area contributed by atoms with E-state index < -0.39 is 0 Å². The Balaban J connectivity index is 2.45. The summed E-state index contributed by atoms with van der Waals surface area (Å²) in [5, 5.41) is 0. The Morgan fingerprint density at radius 3 is 0.833 bits per heavy atom. The third-order valence-corrected chi connectivity index (χ3v) is 8.02. The molecule has 0 heterocycles. The Bertz CT molecular complexity index is 107. The van der Waals surface area contributed by atoms with E-state index in [1.54, 1.807) is 0 Å². The van der Waals surface area contributed by atoms with Gasteiger partial charge in [-0.3, -0.25) is 0 Å². The van der Waals surface area contributed by atoms with Crippen molar-refractivity contribution in [2.24, 2.45) is 0 Å². The Morgan fingerprint density at radius 1 is 0.500 bits per heavy atom. The second-order valence-electron chi connectivity index (χ2n) is 3.22. The highest BCUT2D eigenvalue weighted by Gasteiger charge is 2.25. The van der Waals surface area contributed by atoms with Crippen LogP contribution in [0.3, 0.4) is 0 Å². The molecule has 1 fully saturated rings. The molecule has 1 rings (SSSR count). The van der Waals surface area contributed by atoms with Gasteiger partial charge in [-0.2, -0.15) is 0 Å². The summed E-state index contributed by atoms with van der Waals surface area (Å²) >= 11 is 14.8. The standard InChI is InChI=1S/C8H12Br4/c9-5-1-2-6(10)8(12)4-3-7(5)11/h5-8H,1-4H2/t5-,6-,7-,8+/m1/s1. The lowest BCUT2D eigenvalue weighted by molar-refractivity contribution is 0.557. The molecule has 1 aliphatic carbocycles. The van der Waals surface area contributed by atoms with E-state index in [0.29, 0.717) is 19.3 Å². The van der Waals surface area contributed by atoms with Crippen molar-refractivity contribution in [3.63, 3.8) is 0 Å². The maximum Gasteiger partial charge on any atom is 0.0271 e. The van der Waals surface area contributed by atoms with Crippen molar-refractivity contribution in [1.82, 2.24) is 0 Å². The minimum Gasteiger partial charge on any atom is -0.0879 e. The molecule has 0 nitrogen and oxygen atoms in total. The van der Waals surface area contributed by atoms with Gasteiger partial charge in [-0.15, -0.1) is 0 Å². The maximum atomic E-state index is 3.70. The lowest BCUT2D eigenvalue weighted by Crippen LogP contribution is -2.25. The van der Waals surface area contributed by atoms with Crippen LogP contribution in [0.25, 0.3) is 0 Å². The molecule has 0 aromatic heterocycles. The van der Waals surface area contributed by atoms with Crippen LogP contribution in [0.1, 0.15) is 25.7 Å². The first-order valence-corrected chi connectivity index (χ1v) is 7.84. The van der Waals surface area contributed by atoms with E-state index in [1.807, 2.05) is 0 Å². The van der Waals surface area contributed by atoms with Gasteiger partial charge in [-0.05, 0) is 25.7 Å². The molecule has 0 aromatic carbocycles. The molecule has 0 aromatic rings. The average molecular weight is 428 g/mol. The van der Waals surface area contributed by atoms with Gasteiger partial charge in [-0.1, -0.05) is 63.7 Å². The summed E-state index contributed by atoms with van der Waals surface area (Å²) in [6.07, 6.45) is 4.98. The van der Waals surface area contributed by atoms with Crippen LogP contribution in [0.5, 0.6) is 0 Å². The third-order valence-electron chi connectivity index (χ3n) is 2.22. The zero-order valence-electron chi connectivity index (χ0n) is 6.65. The van der Waals surface area contributed by atoms with Crippen molar-refractivity contribution in [3.8, 4) is 0 Å². The predicted molar refractivity (Wildman–Crippen MR) is 69.3 cm³/mol. The van der Waals surface area contributed by atoms with Crippen LogP contribution in [0.2, 0.25) is 0 Å². The second kappa shape index (κ2) is 5.72. The van der Waals surface area contributed by atoms with Gasteiger partial charge >= 0.3 is 0 Å². The van der Waals surface area contributed by atoms with Crippen LogP contribution < -0.4 is 0 Å². The van der Waals surface area contributed by atoms with Crippen LogP contribution in [-0.4, -0.2) is 19.3 Å². The van der Waals surface area contributed by atoms with Gasteiger partial charge in [0, 0.05) is 19.3 Å². The first-order chi connectivity index (χ1) is 5.61. The van der Waals surface area contributed by atoms with Crippen LogP contribution in [0.15, 0.2) is 0 Å². The number of hydrogen-bond donors (Lipinski definition) is 0. The van der Waals surface area contributed by atoms with Gasteiger partial charge in [0.15, 0.2) is 0 Å². The largest absolute Gasteiger partial charge is 0.0879 e. The Kier molecular flexibility index (Phi) is 5.71. The molecule has 0 radical (unpaired) electrons. The summed E-state index contributed by atoms with van der Waals surface area (Å²) in [5.74, 6) is 0. The molecule has 0 aliphatic heterocycles. The number of halogens is 4. The second-order valence-corrected chi connectivity index (χ2v) is 7.92. The van der Waals surface area contributed by atoms with Gasteiger partial charge in [0.25, 0.3) is 0 Å². The lowest BCUT2D eigenvalue weighted by Gasteiger charge is -2.25. The SMILES string of the molecule is Br[C@@H]1CC[C@@H](Br)[C@@H](Br)CC[C@H]1Br. The molecule has 0 bridgehead atoms. The fraction of sp³-hybridized carbons (Fsp3) is 1.00. The van der Waals surface area contributed by atoms with E-state index >= 15 is 0 Å². The quantitative estimate of drug-likeness (QED) is 0.495. The molecule has 4 atom stereocenters. The van der Waals surface area contributed by atoms with Gasteiger partial charge < -0.3 is 0 Å². The van der Waals surface area contributed by atoms with Crippen LogP contribution in [0, 0.1) is 0 Å². The number of alkyl halides is 4. The van der Waals surface area contributed by atoms with E-state index in [-0.39, 0.29) is 0 Å². The summed E-state index contributed by atoms with van der Waals surface area (Å²) in [6, 6.07) is 0. The highest BCUT2D eigenvalue weighted by atomic mass is 79.9. The molecular weight excluding hydrogens is 416 g/mol. The molecule has 0 saturated heterocycles. The van der Waals surface area contributed by atoms with Gasteiger partial charge in [0.2, 0.25) is 0 Å². The van der Waals surface area contributed by atoms with Crippen molar-refractivity contribution >= 4 is 63.7 Å². The minimum atomic E-state index is 0.637. The van der Waals surface area contributed by atoms with E-state index in [1.165, 1.54) is 25.7 Å². The summed E-state index contributed by atoms with van der Waals surface area (Å²) in [5.41, 5.74) is 0. The first kappa shape index (κ1) is 12.0. The summed E-state index contributed by atoms with van der Waals surface area (Å²) in [6.45, 7) is 0. The molecule has 0 N–H and O–H groups in total. The average Bonchev–Trinajstić information content (AvgIpc) is 2.07. The van der Waals surface area contributed by atoms with Gasteiger partial charge in [-0.25, -0.2) is 0 Å². The third kappa shape index (κ3) is 3.58. The molecule has 0 spiro atoms. The minimum absolute atomic E-state index is 0.637. The Hall–Kier alpha value is 1.92. The van der Waals surface area contributed by atoms with Crippen molar-refractivity contribution < 1.29 is 0 Å². The van der Waals surface area contributed by atoms with E-state index in [0.717, 1.165) is 0 Å². The fourth-order valence-electron chi connectivity index (χ4n) is 1.36. The molecule has 4 heteroatoms. The van der Waals surface area contributed by atoms with Crippen molar-refractivity contribution in [3.05, 3.63) is 0 Å². The Morgan fingerprint density at radius 2 is 0.667 bits per heavy atom. The smallest absolute Gasteiger partial charge is 0.0271 e. The van der Waals surface area contributed by atoms with E-state index in [9.17, 15) is 0 Å². The lowest BCUT2D eigenvalue weighted by atomic mass is 10.0. The van der Waals surface area contributed by atoms with Gasteiger partial charge in [0.05, 0.1) is 0 Å². The summed E-state index contributed by atoms with van der Waals surface area (Å²) in [4.78, 5) is 2.55. The van der Waals surface area contributed by atoms with Crippen LogP contribution in [-0.2, 0) is 0 Å². The summed E-state index contributed by atoms with van der Waals surface area (Å²) < 4.78 is 0. The highest BCUT2D eigenvalue weighted by Crippen LogP contribution is 2.33. The summed E-state index contributed by atoms with van der Waals surface area (Å²) in [7, 11) is 0.